The summed E-state index contributed by atoms with van der Waals surface area (Å²) < 4.78 is 10.6. The standard InChI is InChI=1S/C17H15NO3/c19-17(16-3-1-2-10-18-16)9-6-13-4-7-14(8-5-13)20-11-15-12-21-15/h1-10,15H,11-12H2/b9-6+. The summed E-state index contributed by atoms with van der Waals surface area (Å²) in [6.07, 6.45) is 5.15. The molecule has 0 bridgehead atoms. The highest BCUT2D eigenvalue weighted by Gasteiger charge is 2.22. The third-order valence-corrected chi connectivity index (χ3v) is 3.06. The van der Waals surface area contributed by atoms with Crippen LogP contribution in [0.15, 0.2) is 54.7 Å². The summed E-state index contributed by atoms with van der Waals surface area (Å²) >= 11 is 0. The summed E-state index contributed by atoms with van der Waals surface area (Å²) in [5.74, 6) is 0.695. The Hall–Kier alpha value is -2.46. The van der Waals surface area contributed by atoms with Gasteiger partial charge in [0.1, 0.15) is 24.2 Å². The van der Waals surface area contributed by atoms with Crippen LogP contribution in [-0.2, 0) is 4.74 Å². The molecule has 1 atom stereocenters. The van der Waals surface area contributed by atoms with E-state index in [1.54, 1.807) is 30.5 Å². The van der Waals surface area contributed by atoms with Crippen molar-refractivity contribution < 1.29 is 14.3 Å². The quantitative estimate of drug-likeness (QED) is 0.464. The zero-order chi connectivity index (χ0) is 14.5. The van der Waals surface area contributed by atoms with Gasteiger partial charge in [0.25, 0.3) is 0 Å². The largest absolute Gasteiger partial charge is 0.491 e. The molecule has 0 saturated carbocycles. The molecule has 1 saturated heterocycles. The van der Waals surface area contributed by atoms with Gasteiger partial charge in [0.15, 0.2) is 0 Å². The number of ether oxygens (including phenoxy) is 2. The highest BCUT2D eigenvalue weighted by Crippen LogP contribution is 2.16. The number of epoxide rings is 1. The second-order valence-electron chi connectivity index (χ2n) is 4.75. The van der Waals surface area contributed by atoms with E-state index in [1.807, 2.05) is 24.3 Å². The van der Waals surface area contributed by atoms with Crippen LogP contribution in [0, 0.1) is 0 Å². The van der Waals surface area contributed by atoms with Crippen LogP contribution >= 0.6 is 0 Å². The van der Waals surface area contributed by atoms with Crippen molar-refractivity contribution in [3.8, 4) is 5.75 Å². The Balaban J connectivity index is 1.59. The van der Waals surface area contributed by atoms with Crippen LogP contribution in [0.4, 0.5) is 0 Å². The molecule has 4 nitrogen and oxygen atoms in total. The SMILES string of the molecule is O=C(/C=C/c1ccc(OCC2CO2)cc1)c1ccccn1. The summed E-state index contributed by atoms with van der Waals surface area (Å²) in [5.41, 5.74) is 1.38. The van der Waals surface area contributed by atoms with Gasteiger partial charge in [-0.2, -0.15) is 0 Å². The van der Waals surface area contributed by atoms with E-state index < -0.39 is 0 Å². The number of ketones is 1. The van der Waals surface area contributed by atoms with Crippen molar-refractivity contribution in [3.63, 3.8) is 0 Å². The van der Waals surface area contributed by atoms with Crippen molar-refractivity contribution in [3.05, 3.63) is 66.0 Å². The highest BCUT2D eigenvalue weighted by molar-refractivity contribution is 6.05. The smallest absolute Gasteiger partial charge is 0.204 e. The normalized spacial score (nSPS) is 16.9. The van der Waals surface area contributed by atoms with Crippen molar-refractivity contribution >= 4 is 11.9 Å². The van der Waals surface area contributed by atoms with Crippen LogP contribution in [0.3, 0.4) is 0 Å². The predicted octanol–water partition coefficient (Wildman–Crippen LogP) is 2.76. The van der Waals surface area contributed by atoms with E-state index in [0.29, 0.717) is 12.3 Å². The van der Waals surface area contributed by atoms with E-state index >= 15 is 0 Å². The molecule has 106 valence electrons. The van der Waals surface area contributed by atoms with Gasteiger partial charge >= 0.3 is 0 Å². The lowest BCUT2D eigenvalue weighted by atomic mass is 10.1. The monoisotopic (exact) mass is 281 g/mol. The first kappa shape index (κ1) is 13.5. The lowest BCUT2D eigenvalue weighted by Crippen LogP contribution is -2.03. The third kappa shape index (κ3) is 4.00. The van der Waals surface area contributed by atoms with Crippen molar-refractivity contribution in [1.82, 2.24) is 4.98 Å². The molecule has 1 aliphatic heterocycles. The number of benzene rings is 1. The summed E-state index contributed by atoms with van der Waals surface area (Å²) in [6, 6.07) is 12.9. The minimum Gasteiger partial charge on any atom is -0.491 e. The molecule has 3 rings (SSSR count). The number of aromatic nitrogens is 1. The van der Waals surface area contributed by atoms with Crippen LogP contribution in [-0.4, -0.2) is 30.1 Å². The molecule has 1 aliphatic rings. The maximum atomic E-state index is 11.9. The van der Waals surface area contributed by atoms with Gasteiger partial charge < -0.3 is 9.47 Å². The number of hydrogen-bond acceptors (Lipinski definition) is 4. The van der Waals surface area contributed by atoms with Gasteiger partial charge in [-0.05, 0) is 35.9 Å². The van der Waals surface area contributed by atoms with Crippen LogP contribution in [0.2, 0.25) is 0 Å². The Labute approximate surface area is 123 Å². The molecule has 0 radical (unpaired) electrons. The highest BCUT2D eigenvalue weighted by atomic mass is 16.6. The molecule has 0 spiro atoms. The molecule has 21 heavy (non-hydrogen) atoms. The maximum Gasteiger partial charge on any atom is 0.204 e. The Morgan fingerprint density at radius 2 is 2.10 bits per heavy atom. The second kappa shape index (κ2) is 6.33. The van der Waals surface area contributed by atoms with Gasteiger partial charge in [-0.25, -0.2) is 0 Å². The van der Waals surface area contributed by atoms with Crippen LogP contribution in [0.25, 0.3) is 6.08 Å². The van der Waals surface area contributed by atoms with Gasteiger partial charge in [-0.3, -0.25) is 9.78 Å². The molecule has 1 fully saturated rings. The Kier molecular flexibility index (Phi) is 4.07. The van der Waals surface area contributed by atoms with Crippen LogP contribution in [0.1, 0.15) is 16.1 Å². The molecule has 2 heterocycles. The Morgan fingerprint density at radius 1 is 1.29 bits per heavy atom. The van der Waals surface area contributed by atoms with Gasteiger partial charge in [0.05, 0.1) is 6.61 Å². The molecular weight excluding hydrogens is 266 g/mol. The predicted molar refractivity (Wildman–Crippen MR) is 79.3 cm³/mol. The van der Waals surface area contributed by atoms with Crippen LogP contribution < -0.4 is 4.74 Å². The number of carbonyl (C=O) groups is 1. The number of carbonyl (C=O) groups excluding carboxylic acids is 1. The fraction of sp³-hybridized carbons (Fsp3) is 0.176. The Bertz CT molecular complexity index is 631. The number of pyridine rings is 1. The molecule has 2 aromatic rings. The molecule has 0 aliphatic carbocycles. The average molecular weight is 281 g/mol. The van der Waals surface area contributed by atoms with E-state index in [1.165, 1.54) is 6.08 Å². The minimum atomic E-state index is -0.109. The summed E-state index contributed by atoms with van der Waals surface area (Å²) in [4.78, 5) is 15.9. The first-order valence-corrected chi connectivity index (χ1v) is 6.79. The minimum absolute atomic E-state index is 0.109. The van der Waals surface area contributed by atoms with E-state index in [9.17, 15) is 4.79 Å². The van der Waals surface area contributed by atoms with E-state index in [-0.39, 0.29) is 11.9 Å². The van der Waals surface area contributed by atoms with Crippen molar-refractivity contribution in [2.24, 2.45) is 0 Å². The molecule has 0 N–H and O–H groups in total. The lowest BCUT2D eigenvalue weighted by Gasteiger charge is -2.03. The maximum absolute atomic E-state index is 11.9. The molecular formula is C17H15NO3. The topological polar surface area (TPSA) is 51.7 Å². The van der Waals surface area contributed by atoms with Crippen molar-refractivity contribution in [2.45, 2.75) is 6.10 Å². The van der Waals surface area contributed by atoms with Crippen LogP contribution in [0.5, 0.6) is 5.75 Å². The van der Waals surface area contributed by atoms with Crippen molar-refractivity contribution in [1.29, 1.82) is 0 Å². The van der Waals surface area contributed by atoms with Gasteiger partial charge in [-0.15, -0.1) is 0 Å². The number of hydrogen-bond donors (Lipinski definition) is 0. The third-order valence-electron chi connectivity index (χ3n) is 3.06. The molecule has 1 unspecified atom stereocenters. The average Bonchev–Trinajstić information content (AvgIpc) is 3.37. The van der Waals surface area contributed by atoms with E-state index in [2.05, 4.69) is 4.98 Å². The zero-order valence-corrected chi connectivity index (χ0v) is 11.4. The number of nitrogens with zero attached hydrogens (tertiary/aromatic N) is 1. The van der Waals surface area contributed by atoms with Gasteiger partial charge in [0, 0.05) is 6.20 Å². The second-order valence-corrected chi connectivity index (χ2v) is 4.75. The summed E-state index contributed by atoms with van der Waals surface area (Å²) in [5, 5.41) is 0. The van der Waals surface area contributed by atoms with Gasteiger partial charge in [-0.1, -0.05) is 24.3 Å². The number of rotatable bonds is 6. The number of allylic oxidation sites excluding steroid dienone is 1. The Morgan fingerprint density at radius 3 is 2.76 bits per heavy atom. The fourth-order valence-electron chi connectivity index (χ4n) is 1.79. The van der Waals surface area contributed by atoms with E-state index in [4.69, 9.17) is 9.47 Å². The molecule has 1 aromatic carbocycles. The fourth-order valence-corrected chi connectivity index (χ4v) is 1.79. The molecule has 1 aromatic heterocycles. The lowest BCUT2D eigenvalue weighted by molar-refractivity contribution is 0.104. The zero-order valence-electron chi connectivity index (χ0n) is 11.4. The first-order chi connectivity index (χ1) is 10.3. The molecule has 0 amide bonds. The summed E-state index contributed by atoms with van der Waals surface area (Å²) in [7, 11) is 0. The molecule has 4 heteroatoms. The summed E-state index contributed by atoms with van der Waals surface area (Å²) in [6.45, 7) is 1.38. The van der Waals surface area contributed by atoms with E-state index in [0.717, 1.165) is 17.9 Å². The van der Waals surface area contributed by atoms with Gasteiger partial charge in [0.2, 0.25) is 5.78 Å². The first-order valence-electron chi connectivity index (χ1n) is 6.79. The van der Waals surface area contributed by atoms with Crippen molar-refractivity contribution in [2.75, 3.05) is 13.2 Å².